The molecule has 0 unspecified atom stereocenters. The average Bonchev–Trinajstić information content (AvgIpc) is 2.78. The molecule has 0 atom stereocenters. The zero-order valence-electron chi connectivity index (χ0n) is 15.3. The third-order valence-corrected chi connectivity index (χ3v) is 4.92. The van der Waals surface area contributed by atoms with Crippen molar-refractivity contribution >= 4 is 28.2 Å². The molecule has 3 aromatic rings. The van der Waals surface area contributed by atoms with Crippen LogP contribution in [0.3, 0.4) is 0 Å². The van der Waals surface area contributed by atoms with E-state index in [1.165, 1.54) is 12.1 Å². The lowest BCUT2D eigenvalue weighted by molar-refractivity contribution is -0.384. The van der Waals surface area contributed by atoms with E-state index in [2.05, 4.69) is 31.9 Å². The van der Waals surface area contributed by atoms with Crippen molar-refractivity contribution in [1.29, 1.82) is 10.5 Å². The smallest absolute Gasteiger partial charge is 0.270 e. The summed E-state index contributed by atoms with van der Waals surface area (Å²) >= 11 is 0. The monoisotopic (exact) mass is 385 g/mol. The van der Waals surface area contributed by atoms with Gasteiger partial charge in [0.25, 0.3) is 5.69 Å². The summed E-state index contributed by atoms with van der Waals surface area (Å²) in [4.78, 5) is 23.6. The minimum absolute atomic E-state index is 0.0687. The first kappa shape index (κ1) is 18.1. The predicted molar refractivity (Wildman–Crippen MR) is 106 cm³/mol. The minimum atomic E-state index is -0.485. The number of nitro benzene ring substituents is 1. The molecule has 1 aliphatic rings. The highest BCUT2D eigenvalue weighted by atomic mass is 16.6. The number of benzene rings is 1. The van der Waals surface area contributed by atoms with E-state index in [0.717, 1.165) is 0 Å². The number of nitro groups is 1. The SMILES string of the molecule is N#Cc1cccnc1N1CCN(c2cc(C#N)c3cc([N+](=O)[O-])ccc3n2)CC1. The molecule has 0 N–H and O–H groups in total. The minimum Gasteiger partial charge on any atom is -0.353 e. The van der Waals surface area contributed by atoms with Crippen molar-refractivity contribution in [3.63, 3.8) is 0 Å². The van der Waals surface area contributed by atoms with Crippen LogP contribution in [0.5, 0.6) is 0 Å². The van der Waals surface area contributed by atoms with Crippen molar-refractivity contribution in [2.75, 3.05) is 36.0 Å². The molecule has 142 valence electrons. The summed E-state index contributed by atoms with van der Waals surface area (Å²) in [6.07, 6.45) is 1.67. The van der Waals surface area contributed by atoms with Crippen molar-refractivity contribution in [3.8, 4) is 12.1 Å². The molecule has 1 aliphatic heterocycles. The largest absolute Gasteiger partial charge is 0.353 e. The second kappa shape index (κ2) is 7.41. The van der Waals surface area contributed by atoms with E-state index < -0.39 is 4.92 Å². The fraction of sp³-hybridized carbons (Fsp3) is 0.200. The van der Waals surface area contributed by atoms with Gasteiger partial charge in [-0.15, -0.1) is 0 Å². The molecule has 29 heavy (non-hydrogen) atoms. The number of fused-ring (bicyclic) bond motifs is 1. The fourth-order valence-corrected chi connectivity index (χ4v) is 3.45. The summed E-state index contributed by atoms with van der Waals surface area (Å²) in [6.45, 7) is 2.62. The Balaban J connectivity index is 1.60. The van der Waals surface area contributed by atoms with Crippen LogP contribution in [0.4, 0.5) is 17.3 Å². The number of piperazine rings is 1. The predicted octanol–water partition coefficient (Wildman–Crippen LogP) is 2.61. The number of anilines is 2. The summed E-state index contributed by atoms with van der Waals surface area (Å²) in [5, 5.41) is 30.3. The Morgan fingerprint density at radius 3 is 2.41 bits per heavy atom. The van der Waals surface area contributed by atoms with Gasteiger partial charge < -0.3 is 9.80 Å². The van der Waals surface area contributed by atoms with Crippen LogP contribution in [0.25, 0.3) is 10.9 Å². The second-order valence-corrected chi connectivity index (χ2v) is 6.56. The topological polar surface area (TPSA) is 123 Å². The maximum atomic E-state index is 11.0. The highest BCUT2D eigenvalue weighted by Crippen LogP contribution is 2.27. The van der Waals surface area contributed by atoms with Gasteiger partial charge in [0.15, 0.2) is 0 Å². The van der Waals surface area contributed by atoms with Crippen molar-refractivity contribution < 1.29 is 4.92 Å². The molecule has 0 aliphatic carbocycles. The van der Waals surface area contributed by atoms with Gasteiger partial charge in [-0.05, 0) is 24.3 Å². The summed E-state index contributed by atoms with van der Waals surface area (Å²) in [5.74, 6) is 1.33. The van der Waals surface area contributed by atoms with E-state index in [4.69, 9.17) is 0 Å². The summed E-state index contributed by atoms with van der Waals surface area (Å²) in [7, 11) is 0. The van der Waals surface area contributed by atoms with Gasteiger partial charge in [-0.25, -0.2) is 9.97 Å². The highest BCUT2D eigenvalue weighted by molar-refractivity contribution is 5.88. The molecule has 9 nitrogen and oxygen atoms in total. The maximum Gasteiger partial charge on any atom is 0.270 e. The first-order chi connectivity index (χ1) is 14.1. The lowest BCUT2D eigenvalue weighted by atomic mass is 10.1. The van der Waals surface area contributed by atoms with Crippen LogP contribution < -0.4 is 9.80 Å². The normalized spacial score (nSPS) is 13.7. The van der Waals surface area contributed by atoms with Crippen molar-refractivity contribution in [1.82, 2.24) is 9.97 Å². The molecule has 0 spiro atoms. The first-order valence-corrected chi connectivity index (χ1v) is 8.95. The number of rotatable bonds is 3. The Bertz CT molecular complexity index is 1190. The van der Waals surface area contributed by atoms with Gasteiger partial charge in [-0.3, -0.25) is 10.1 Å². The first-order valence-electron chi connectivity index (χ1n) is 8.95. The lowest BCUT2D eigenvalue weighted by Crippen LogP contribution is -2.47. The van der Waals surface area contributed by atoms with Crippen molar-refractivity contribution in [3.05, 3.63) is 63.8 Å². The van der Waals surface area contributed by atoms with E-state index in [9.17, 15) is 20.6 Å². The lowest BCUT2D eigenvalue weighted by Gasteiger charge is -2.36. The summed E-state index contributed by atoms with van der Waals surface area (Å²) in [6, 6.07) is 13.8. The molecule has 0 bridgehead atoms. The molecule has 1 fully saturated rings. The van der Waals surface area contributed by atoms with Crippen LogP contribution in [0.1, 0.15) is 11.1 Å². The third kappa shape index (κ3) is 3.37. The maximum absolute atomic E-state index is 11.0. The number of hydrogen-bond acceptors (Lipinski definition) is 8. The Morgan fingerprint density at radius 1 is 1.00 bits per heavy atom. The standard InChI is InChI=1S/C20H15N7O2/c21-12-14-2-1-5-23-20(14)26-8-6-25(7-9-26)19-10-15(13-22)17-11-16(27(28)29)3-4-18(17)24-19/h1-5,10-11H,6-9H2. The van der Waals surface area contributed by atoms with Gasteiger partial charge in [0.1, 0.15) is 17.7 Å². The third-order valence-electron chi connectivity index (χ3n) is 4.92. The molecule has 1 aromatic carbocycles. The number of non-ortho nitro benzene ring substituents is 1. The highest BCUT2D eigenvalue weighted by Gasteiger charge is 2.22. The van der Waals surface area contributed by atoms with Crippen LogP contribution in [0.2, 0.25) is 0 Å². The molecule has 0 radical (unpaired) electrons. The van der Waals surface area contributed by atoms with Gasteiger partial charge in [-0.2, -0.15) is 10.5 Å². The number of nitrogens with zero attached hydrogens (tertiary/aromatic N) is 7. The molecular formula is C20H15N7O2. The summed E-state index contributed by atoms with van der Waals surface area (Å²) in [5.41, 5.74) is 1.37. The van der Waals surface area contributed by atoms with Crippen LogP contribution in [-0.2, 0) is 0 Å². The Labute approximate surface area is 166 Å². The fourth-order valence-electron chi connectivity index (χ4n) is 3.45. The van der Waals surface area contributed by atoms with E-state index in [1.807, 2.05) is 0 Å². The van der Waals surface area contributed by atoms with Gasteiger partial charge in [-0.1, -0.05) is 0 Å². The van der Waals surface area contributed by atoms with E-state index in [0.29, 0.717) is 59.8 Å². The Hall–Kier alpha value is -4.24. The number of nitriles is 2. The zero-order chi connectivity index (χ0) is 20.4. The molecule has 3 heterocycles. The number of aromatic nitrogens is 2. The van der Waals surface area contributed by atoms with Crippen LogP contribution in [0.15, 0.2) is 42.6 Å². The van der Waals surface area contributed by atoms with E-state index in [1.54, 1.807) is 30.5 Å². The molecule has 4 rings (SSSR count). The quantitative estimate of drug-likeness (QED) is 0.498. The number of pyridine rings is 2. The Morgan fingerprint density at radius 2 is 1.72 bits per heavy atom. The molecule has 9 heteroatoms. The molecular weight excluding hydrogens is 370 g/mol. The molecule has 0 amide bonds. The molecule has 0 saturated carbocycles. The van der Waals surface area contributed by atoms with Gasteiger partial charge >= 0.3 is 0 Å². The van der Waals surface area contributed by atoms with Crippen LogP contribution in [-0.4, -0.2) is 41.1 Å². The molecule has 1 saturated heterocycles. The van der Waals surface area contributed by atoms with Gasteiger partial charge in [0, 0.05) is 49.9 Å². The van der Waals surface area contributed by atoms with E-state index >= 15 is 0 Å². The second-order valence-electron chi connectivity index (χ2n) is 6.56. The zero-order valence-corrected chi connectivity index (χ0v) is 15.3. The summed E-state index contributed by atoms with van der Waals surface area (Å²) < 4.78 is 0. The van der Waals surface area contributed by atoms with Crippen molar-refractivity contribution in [2.45, 2.75) is 0 Å². The van der Waals surface area contributed by atoms with Crippen LogP contribution in [0, 0.1) is 32.8 Å². The van der Waals surface area contributed by atoms with Gasteiger partial charge in [0.05, 0.1) is 27.6 Å². The Kier molecular flexibility index (Phi) is 4.63. The number of hydrogen-bond donors (Lipinski definition) is 0. The average molecular weight is 385 g/mol. The molecule has 2 aromatic heterocycles. The van der Waals surface area contributed by atoms with Gasteiger partial charge in [0.2, 0.25) is 0 Å². The van der Waals surface area contributed by atoms with Crippen LogP contribution >= 0.6 is 0 Å². The van der Waals surface area contributed by atoms with Crippen molar-refractivity contribution in [2.24, 2.45) is 0 Å². The van der Waals surface area contributed by atoms with E-state index in [-0.39, 0.29) is 5.69 Å².